The van der Waals surface area contributed by atoms with Gasteiger partial charge in [0.15, 0.2) is 0 Å². The van der Waals surface area contributed by atoms with Crippen molar-refractivity contribution in [2.24, 2.45) is 5.92 Å². The molecule has 1 fully saturated rings. The Balaban J connectivity index is 1.94. The summed E-state index contributed by atoms with van der Waals surface area (Å²) in [6.07, 6.45) is 5.34. The zero-order valence-electron chi connectivity index (χ0n) is 10.9. The Bertz CT molecular complexity index is 167. The molecule has 0 aromatic heterocycles. The number of nitrogens with zero attached hydrogens (tertiary/aromatic N) is 1. The van der Waals surface area contributed by atoms with Crippen molar-refractivity contribution in [1.29, 1.82) is 0 Å². The lowest BCUT2D eigenvalue weighted by atomic mass is 9.83. The van der Waals surface area contributed by atoms with Crippen molar-refractivity contribution in [3.63, 3.8) is 0 Å². The molecule has 0 spiro atoms. The molecule has 0 heterocycles. The van der Waals surface area contributed by atoms with E-state index < -0.39 is 0 Å². The maximum absolute atomic E-state index is 9.81. The second kappa shape index (κ2) is 8.04. The summed E-state index contributed by atoms with van der Waals surface area (Å²) in [5.74, 6) is 0.965. The molecule has 0 bridgehead atoms. The first-order chi connectivity index (χ1) is 7.76. The normalized spacial score (nSPS) is 18.8. The topological polar surface area (TPSA) is 35.5 Å². The maximum atomic E-state index is 9.81. The molecule has 0 aliphatic heterocycles. The Morgan fingerprint density at radius 3 is 2.50 bits per heavy atom. The van der Waals surface area contributed by atoms with Crippen LogP contribution in [0.4, 0.5) is 0 Å². The summed E-state index contributed by atoms with van der Waals surface area (Å²) in [5.41, 5.74) is 0. The van der Waals surface area contributed by atoms with Crippen LogP contribution >= 0.6 is 0 Å². The zero-order chi connectivity index (χ0) is 11.8. The van der Waals surface area contributed by atoms with Crippen LogP contribution in [0.15, 0.2) is 0 Å². The molecule has 1 unspecified atom stereocenters. The summed E-state index contributed by atoms with van der Waals surface area (Å²) in [6.45, 7) is 8.93. The highest BCUT2D eigenvalue weighted by atomic mass is 16.3. The van der Waals surface area contributed by atoms with Gasteiger partial charge in [0.05, 0.1) is 6.10 Å². The number of hydrogen-bond donors (Lipinski definition) is 2. The van der Waals surface area contributed by atoms with Crippen molar-refractivity contribution >= 4 is 0 Å². The van der Waals surface area contributed by atoms with E-state index in [1.165, 1.54) is 25.7 Å². The van der Waals surface area contributed by atoms with E-state index in [2.05, 4.69) is 24.1 Å². The van der Waals surface area contributed by atoms with Crippen LogP contribution in [0.2, 0.25) is 0 Å². The van der Waals surface area contributed by atoms with Gasteiger partial charge < -0.3 is 15.3 Å². The van der Waals surface area contributed by atoms with E-state index in [0.717, 1.165) is 38.6 Å². The van der Waals surface area contributed by atoms with Crippen LogP contribution < -0.4 is 5.32 Å². The Hall–Kier alpha value is -0.120. The van der Waals surface area contributed by atoms with Crippen molar-refractivity contribution in [1.82, 2.24) is 10.2 Å². The molecule has 0 aromatic carbocycles. The molecule has 2 N–H and O–H groups in total. The molecule has 0 saturated heterocycles. The van der Waals surface area contributed by atoms with Crippen molar-refractivity contribution < 1.29 is 5.11 Å². The predicted molar refractivity (Wildman–Crippen MR) is 68.6 cm³/mol. The number of hydrogen-bond acceptors (Lipinski definition) is 3. The lowest BCUT2D eigenvalue weighted by Gasteiger charge is -2.26. The van der Waals surface area contributed by atoms with Gasteiger partial charge in [0.25, 0.3) is 0 Å². The van der Waals surface area contributed by atoms with Crippen LogP contribution in [-0.4, -0.2) is 48.8 Å². The van der Waals surface area contributed by atoms with Crippen LogP contribution in [0.3, 0.4) is 0 Å². The molecule has 96 valence electrons. The average Bonchev–Trinajstić information content (AvgIpc) is 2.23. The van der Waals surface area contributed by atoms with Crippen molar-refractivity contribution in [2.45, 2.75) is 45.6 Å². The second-order valence-electron chi connectivity index (χ2n) is 4.93. The summed E-state index contributed by atoms with van der Waals surface area (Å²) in [7, 11) is 0. The molecular weight excluding hydrogens is 200 g/mol. The quantitative estimate of drug-likeness (QED) is 0.587. The molecule has 3 heteroatoms. The Labute approximate surface area is 100 Å². The van der Waals surface area contributed by atoms with Gasteiger partial charge in [-0.15, -0.1) is 0 Å². The van der Waals surface area contributed by atoms with Gasteiger partial charge in [-0.25, -0.2) is 0 Å². The van der Waals surface area contributed by atoms with Gasteiger partial charge in [-0.1, -0.05) is 33.1 Å². The van der Waals surface area contributed by atoms with Crippen molar-refractivity contribution in [3.8, 4) is 0 Å². The van der Waals surface area contributed by atoms with Gasteiger partial charge in [0.2, 0.25) is 0 Å². The van der Waals surface area contributed by atoms with Crippen LogP contribution in [0, 0.1) is 5.92 Å². The fourth-order valence-corrected chi connectivity index (χ4v) is 2.20. The Morgan fingerprint density at radius 1 is 1.31 bits per heavy atom. The first kappa shape index (κ1) is 13.9. The van der Waals surface area contributed by atoms with E-state index in [1.807, 2.05) is 0 Å². The highest BCUT2D eigenvalue weighted by molar-refractivity contribution is 4.71. The maximum Gasteiger partial charge on any atom is 0.0791 e. The first-order valence-electron chi connectivity index (χ1n) is 6.87. The molecule has 0 aromatic rings. The average molecular weight is 228 g/mol. The minimum atomic E-state index is -0.221. The number of rotatable bonds is 9. The molecular formula is C13H28N2O. The third kappa shape index (κ3) is 5.28. The van der Waals surface area contributed by atoms with Crippen LogP contribution in [0.25, 0.3) is 0 Å². The zero-order valence-corrected chi connectivity index (χ0v) is 10.9. The highest BCUT2D eigenvalue weighted by Gasteiger charge is 2.16. The molecule has 1 rings (SSSR count). The monoisotopic (exact) mass is 228 g/mol. The third-order valence-electron chi connectivity index (χ3n) is 3.70. The van der Waals surface area contributed by atoms with Crippen LogP contribution in [0.1, 0.15) is 39.5 Å². The predicted octanol–water partition coefficient (Wildman–Crippen LogP) is 1.47. The number of likely N-dealkylation sites (N-methyl/N-ethyl adjacent to an activating group) is 1. The van der Waals surface area contributed by atoms with Gasteiger partial charge in [-0.3, -0.25) is 0 Å². The second-order valence-corrected chi connectivity index (χ2v) is 4.93. The molecule has 16 heavy (non-hydrogen) atoms. The van der Waals surface area contributed by atoms with E-state index in [1.54, 1.807) is 0 Å². The molecule has 0 amide bonds. The molecule has 1 saturated carbocycles. The Kier molecular flexibility index (Phi) is 7.01. The molecule has 1 aliphatic carbocycles. The smallest absolute Gasteiger partial charge is 0.0791 e. The summed E-state index contributed by atoms with van der Waals surface area (Å²) in [4.78, 5) is 2.26. The summed E-state index contributed by atoms with van der Waals surface area (Å²) < 4.78 is 0. The SMILES string of the molecule is CCN(CC)CC(O)CNCCC1CCC1. The van der Waals surface area contributed by atoms with Gasteiger partial charge in [-0.2, -0.15) is 0 Å². The first-order valence-corrected chi connectivity index (χ1v) is 6.87. The molecule has 3 nitrogen and oxygen atoms in total. The minimum Gasteiger partial charge on any atom is -0.390 e. The van der Waals surface area contributed by atoms with E-state index in [0.29, 0.717) is 0 Å². The summed E-state index contributed by atoms with van der Waals surface area (Å²) in [6, 6.07) is 0. The molecule has 0 radical (unpaired) electrons. The van der Waals surface area contributed by atoms with Gasteiger partial charge >= 0.3 is 0 Å². The largest absolute Gasteiger partial charge is 0.390 e. The van der Waals surface area contributed by atoms with Gasteiger partial charge in [0, 0.05) is 13.1 Å². The van der Waals surface area contributed by atoms with Crippen LogP contribution in [-0.2, 0) is 0 Å². The standard InChI is InChI=1S/C13H28N2O/c1-3-15(4-2)11-13(16)10-14-9-8-12-6-5-7-12/h12-14,16H,3-11H2,1-2H3. The van der Waals surface area contributed by atoms with E-state index >= 15 is 0 Å². The molecule has 1 aliphatic rings. The summed E-state index contributed by atoms with van der Waals surface area (Å²) in [5, 5.41) is 13.2. The van der Waals surface area contributed by atoms with E-state index in [9.17, 15) is 5.11 Å². The van der Waals surface area contributed by atoms with Gasteiger partial charge in [-0.05, 0) is 32.0 Å². The van der Waals surface area contributed by atoms with Gasteiger partial charge in [0.1, 0.15) is 0 Å². The molecule has 1 atom stereocenters. The van der Waals surface area contributed by atoms with E-state index in [4.69, 9.17) is 0 Å². The fraction of sp³-hybridized carbons (Fsp3) is 1.00. The van der Waals surface area contributed by atoms with Crippen LogP contribution in [0.5, 0.6) is 0 Å². The number of nitrogens with one attached hydrogen (secondary N) is 1. The van der Waals surface area contributed by atoms with E-state index in [-0.39, 0.29) is 6.10 Å². The minimum absolute atomic E-state index is 0.221. The summed E-state index contributed by atoms with van der Waals surface area (Å²) >= 11 is 0. The fourth-order valence-electron chi connectivity index (χ4n) is 2.20. The third-order valence-corrected chi connectivity index (χ3v) is 3.70. The highest BCUT2D eigenvalue weighted by Crippen LogP contribution is 2.28. The van der Waals surface area contributed by atoms with Crippen molar-refractivity contribution in [3.05, 3.63) is 0 Å². The lowest BCUT2D eigenvalue weighted by molar-refractivity contribution is 0.116. The lowest BCUT2D eigenvalue weighted by Crippen LogP contribution is -2.38. The Morgan fingerprint density at radius 2 is 2.00 bits per heavy atom. The van der Waals surface area contributed by atoms with Crippen molar-refractivity contribution in [2.75, 3.05) is 32.7 Å². The number of aliphatic hydroxyl groups is 1. The number of aliphatic hydroxyl groups excluding tert-OH is 1.